The van der Waals surface area contributed by atoms with Crippen molar-refractivity contribution >= 4 is 23.0 Å². The van der Waals surface area contributed by atoms with Crippen LogP contribution in [0.5, 0.6) is 0 Å². The van der Waals surface area contributed by atoms with Crippen LogP contribution >= 0.6 is 11.3 Å². The maximum atomic E-state index is 11.2. The summed E-state index contributed by atoms with van der Waals surface area (Å²) in [6.45, 7) is 0. The highest BCUT2D eigenvalue weighted by atomic mass is 32.1. The molecule has 1 aromatic heterocycles. The third-order valence-corrected chi connectivity index (χ3v) is 2.19. The highest BCUT2D eigenvalue weighted by Crippen LogP contribution is 2.11. The Morgan fingerprint density at radius 2 is 2.31 bits per heavy atom. The van der Waals surface area contributed by atoms with E-state index < -0.39 is 5.97 Å². The van der Waals surface area contributed by atoms with Gasteiger partial charge in [0.15, 0.2) is 0 Å². The van der Waals surface area contributed by atoms with Crippen molar-refractivity contribution in [2.75, 3.05) is 14.2 Å². The van der Waals surface area contributed by atoms with Crippen LogP contribution in [0, 0.1) is 0 Å². The van der Waals surface area contributed by atoms with Gasteiger partial charge in [0, 0.05) is 0 Å². The summed E-state index contributed by atoms with van der Waals surface area (Å²) in [7, 11) is 2.69. The quantitative estimate of drug-likeness (QED) is 0.418. The average molecular weight is 199 g/mol. The van der Waals surface area contributed by atoms with E-state index in [2.05, 4.69) is 14.7 Å². The molecule has 0 aliphatic rings. The summed E-state index contributed by atoms with van der Waals surface area (Å²) in [5.41, 5.74) is 0.194. The van der Waals surface area contributed by atoms with Gasteiger partial charge >= 0.3 is 5.97 Å². The van der Waals surface area contributed by atoms with Gasteiger partial charge in [-0.3, -0.25) is 0 Å². The van der Waals surface area contributed by atoms with Gasteiger partial charge in [0.05, 0.1) is 12.0 Å². The van der Waals surface area contributed by atoms with E-state index in [4.69, 9.17) is 0 Å². The van der Waals surface area contributed by atoms with E-state index in [9.17, 15) is 4.79 Å². The zero-order valence-electron chi connectivity index (χ0n) is 7.31. The van der Waals surface area contributed by atoms with E-state index in [0.29, 0.717) is 0 Å². The van der Waals surface area contributed by atoms with E-state index in [1.165, 1.54) is 25.6 Å². The lowest BCUT2D eigenvalue weighted by Crippen LogP contribution is -2.16. The van der Waals surface area contributed by atoms with E-state index in [1.807, 2.05) is 11.4 Å². The summed E-state index contributed by atoms with van der Waals surface area (Å²) >= 11 is 1.40. The number of esters is 1. The van der Waals surface area contributed by atoms with Gasteiger partial charge < -0.3 is 9.57 Å². The van der Waals surface area contributed by atoms with Gasteiger partial charge in [-0.25, -0.2) is 4.79 Å². The van der Waals surface area contributed by atoms with Crippen LogP contribution in [0.1, 0.15) is 4.88 Å². The van der Waals surface area contributed by atoms with Crippen molar-refractivity contribution in [2.24, 2.45) is 5.16 Å². The van der Waals surface area contributed by atoms with Gasteiger partial charge in [0.25, 0.3) is 0 Å². The zero-order chi connectivity index (χ0) is 9.68. The molecule has 0 saturated heterocycles. The van der Waals surface area contributed by atoms with Crippen molar-refractivity contribution in [1.82, 2.24) is 0 Å². The molecule has 0 unspecified atom stereocenters. The summed E-state index contributed by atoms with van der Waals surface area (Å²) < 4.78 is 4.55. The fraction of sp³-hybridized carbons (Fsp3) is 0.250. The minimum atomic E-state index is -0.496. The predicted octanol–water partition coefficient (Wildman–Crippen LogP) is 1.27. The molecule has 0 saturated carbocycles. The third-order valence-electron chi connectivity index (χ3n) is 1.32. The van der Waals surface area contributed by atoms with Crippen LogP contribution in [0.4, 0.5) is 0 Å². The number of methoxy groups -OCH3 is 1. The molecule has 0 aliphatic heterocycles. The highest BCUT2D eigenvalue weighted by molar-refractivity contribution is 7.13. The van der Waals surface area contributed by atoms with E-state index in [0.717, 1.165) is 4.88 Å². The summed E-state index contributed by atoms with van der Waals surface area (Å²) in [4.78, 5) is 16.4. The highest BCUT2D eigenvalue weighted by Gasteiger charge is 2.15. The molecule has 0 aliphatic carbocycles. The number of carbonyl (C=O) groups is 1. The van der Waals surface area contributed by atoms with E-state index >= 15 is 0 Å². The molecule has 0 fully saturated rings. The zero-order valence-corrected chi connectivity index (χ0v) is 8.13. The smallest absolute Gasteiger partial charge is 0.361 e. The second kappa shape index (κ2) is 4.61. The summed E-state index contributed by atoms with van der Waals surface area (Å²) in [6, 6.07) is 3.60. The minimum absolute atomic E-state index is 0.194. The second-order valence-electron chi connectivity index (χ2n) is 2.09. The van der Waals surface area contributed by atoms with Crippen molar-refractivity contribution in [3.8, 4) is 0 Å². The number of hydrogen-bond acceptors (Lipinski definition) is 5. The maximum Gasteiger partial charge on any atom is 0.361 e. The van der Waals surface area contributed by atoms with Gasteiger partial charge in [0.1, 0.15) is 7.11 Å². The molecule has 0 bridgehead atoms. The normalized spacial score (nSPS) is 11.1. The first-order valence-corrected chi connectivity index (χ1v) is 4.41. The average Bonchev–Trinajstić information content (AvgIpc) is 2.65. The number of oxime groups is 1. The van der Waals surface area contributed by atoms with Crippen LogP contribution in [0.25, 0.3) is 0 Å². The molecule has 1 heterocycles. The Bertz CT molecular complexity index is 305. The summed E-state index contributed by atoms with van der Waals surface area (Å²) in [5, 5.41) is 5.44. The molecular weight excluding hydrogens is 190 g/mol. The molecule has 1 rings (SSSR count). The number of thiophene rings is 1. The van der Waals surface area contributed by atoms with Crippen molar-refractivity contribution in [2.45, 2.75) is 0 Å². The first-order valence-electron chi connectivity index (χ1n) is 3.53. The van der Waals surface area contributed by atoms with Crippen LogP contribution in [0.2, 0.25) is 0 Å². The molecule has 0 aromatic carbocycles. The van der Waals surface area contributed by atoms with Crippen LogP contribution in [0.3, 0.4) is 0 Å². The topological polar surface area (TPSA) is 47.9 Å². The molecule has 0 radical (unpaired) electrons. The fourth-order valence-electron chi connectivity index (χ4n) is 0.784. The molecule has 0 N–H and O–H groups in total. The van der Waals surface area contributed by atoms with Crippen molar-refractivity contribution in [3.05, 3.63) is 22.4 Å². The van der Waals surface area contributed by atoms with Crippen LogP contribution in [-0.4, -0.2) is 25.9 Å². The Morgan fingerprint density at radius 3 is 2.77 bits per heavy atom. The standard InChI is InChI=1S/C8H9NO3S/c1-11-8(10)7(9-12-2)6-4-3-5-13-6/h3-5H,1-2H3/b9-7+. The second-order valence-corrected chi connectivity index (χ2v) is 3.04. The van der Waals surface area contributed by atoms with Gasteiger partial charge in [-0.1, -0.05) is 11.2 Å². The number of ether oxygens (including phenoxy) is 1. The van der Waals surface area contributed by atoms with Gasteiger partial charge in [-0.05, 0) is 11.4 Å². The number of carbonyl (C=O) groups excluding carboxylic acids is 1. The summed E-state index contributed by atoms with van der Waals surface area (Å²) in [6.07, 6.45) is 0. The van der Waals surface area contributed by atoms with Crippen LogP contribution in [0.15, 0.2) is 22.7 Å². The lowest BCUT2D eigenvalue weighted by molar-refractivity contribution is -0.132. The van der Waals surface area contributed by atoms with Crippen molar-refractivity contribution in [1.29, 1.82) is 0 Å². The Kier molecular flexibility index (Phi) is 3.45. The summed E-state index contributed by atoms with van der Waals surface area (Å²) in [5.74, 6) is -0.496. The Morgan fingerprint density at radius 1 is 1.54 bits per heavy atom. The molecule has 4 nitrogen and oxygen atoms in total. The Balaban J connectivity index is 2.94. The molecule has 5 heteroatoms. The molecule has 70 valence electrons. The third kappa shape index (κ3) is 2.29. The first kappa shape index (κ1) is 9.73. The van der Waals surface area contributed by atoms with Gasteiger partial charge in [0.2, 0.25) is 5.71 Å². The van der Waals surface area contributed by atoms with E-state index in [-0.39, 0.29) is 5.71 Å². The van der Waals surface area contributed by atoms with Crippen molar-refractivity contribution in [3.63, 3.8) is 0 Å². The SMILES string of the molecule is CO/N=C(/C(=O)OC)c1cccs1. The molecule has 0 atom stereocenters. The molecule has 13 heavy (non-hydrogen) atoms. The number of hydrogen-bond donors (Lipinski definition) is 0. The van der Waals surface area contributed by atoms with Gasteiger partial charge in [-0.2, -0.15) is 0 Å². The predicted molar refractivity (Wildman–Crippen MR) is 49.9 cm³/mol. The minimum Gasteiger partial charge on any atom is -0.464 e. The van der Waals surface area contributed by atoms with Crippen LogP contribution in [-0.2, 0) is 14.4 Å². The fourth-order valence-corrected chi connectivity index (χ4v) is 1.48. The number of rotatable bonds is 3. The number of nitrogens with zero attached hydrogens (tertiary/aromatic N) is 1. The van der Waals surface area contributed by atoms with Crippen LogP contribution < -0.4 is 0 Å². The largest absolute Gasteiger partial charge is 0.464 e. The maximum absolute atomic E-state index is 11.2. The molecular formula is C8H9NO3S. The molecule has 0 amide bonds. The monoisotopic (exact) mass is 199 g/mol. The lowest BCUT2D eigenvalue weighted by atomic mass is 10.3. The molecule has 0 spiro atoms. The molecule has 1 aromatic rings. The Hall–Kier alpha value is -1.36. The van der Waals surface area contributed by atoms with Crippen molar-refractivity contribution < 1.29 is 14.4 Å². The van der Waals surface area contributed by atoms with Gasteiger partial charge in [-0.15, -0.1) is 11.3 Å². The lowest BCUT2D eigenvalue weighted by Gasteiger charge is -1.99. The first-order chi connectivity index (χ1) is 6.29. The van der Waals surface area contributed by atoms with E-state index in [1.54, 1.807) is 6.07 Å². The Labute approximate surface area is 79.8 Å².